The molecule has 2 aromatic heterocycles. The number of fused-ring (bicyclic) bond motifs is 1. The van der Waals surface area contributed by atoms with Crippen molar-refractivity contribution < 1.29 is 14.1 Å². The Morgan fingerprint density at radius 1 is 1.17 bits per heavy atom. The van der Waals surface area contributed by atoms with Crippen LogP contribution in [0.2, 0.25) is 0 Å². The fraction of sp³-hybridized carbons (Fsp3) is 0.455. The van der Waals surface area contributed by atoms with Gasteiger partial charge in [0.1, 0.15) is 0 Å². The highest BCUT2D eigenvalue weighted by molar-refractivity contribution is 7.21. The van der Waals surface area contributed by atoms with Crippen molar-refractivity contribution in [2.75, 3.05) is 6.54 Å². The van der Waals surface area contributed by atoms with Crippen LogP contribution in [0.1, 0.15) is 65.5 Å². The van der Waals surface area contributed by atoms with E-state index < -0.39 is 0 Å². The number of rotatable bonds is 6. The number of nitrogens with one attached hydrogen (secondary N) is 2. The van der Waals surface area contributed by atoms with Crippen molar-refractivity contribution in [3.05, 3.63) is 46.4 Å². The van der Waals surface area contributed by atoms with Crippen LogP contribution in [0.4, 0.5) is 0 Å². The SMILES string of the molecule is CC(=O)NCC1CCC(c2c(C(=O)NCc3noc(C)n3)sc3ccccc23)CC1. The van der Waals surface area contributed by atoms with Crippen molar-refractivity contribution in [2.45, 2.75) is 52.0 Å². The summed E-state index contributed by atoms with van der Waals surface area (Å²) in [5.74, 6) is 1.75. The fourth-order valence-electron chi connectivity index (χ4n) is 4.24. The highest BCUT2D eigenvalue weighted by Gasteiger charge is 2.29. The molecule has 30 heavy (non-hydrogen) atoms. The zero-order valence-corrected chi connectivity index (χ0v) is 18.1. The van der Waals surface area contributed by atoms with E-state index >= 15 is 0 Å². The minimum atomic E-state index is -0.0889. The standard InChI is InChI=1S/C22H26N4O3S/c1-13(27)23-11-15-7-9-16(10-8-15)20-17-5-3-4-6-18(17)30-21(20)22(28)24-12-19-25-14(2)29-26-19/h3-6,15-16H,7-12H2,1-2H3,(H,23,27)(H,24,28). The van der Waals surface area contributed by atoms with Gasteiger partial charge in [-0.1, -0.05) is 23.4 Å². The van der Waals surface area contributed by atoms with Crippen LogP contribution in [0.3, 0.4) is 0 Å². The van der Waals surface area contributed by atoms with Gasteiger partial charge in [0.25, 0.3) is 5.91 Å². The number of aromatic nitrogens is 2. The molecule has 2 N–H and O–H groups in total. The second kappa shape index (κ2) is 8.95. The number of carbonyl (C=O) groups is 2. The van der Waals surface area contributed by atoms with E-state index in [0.717, 1.165) is 47.4 Å². The molecule has 4 rings (SSSR count). The third-order valence-electron chi connectivity index (χ3n) is 5.71. The zero-order valence-electron chi connectivity index (χ0n) is 17.2. The topological polar surface area (TPSA) is 97.1 Å². The molecule has 3 aromatic rings. The van der Waals surface area contributed by atoms with E-state index in [-0.39, 0.29) is 18.4 Å². The molecule has 0 unspecified atom stereocenters. The monoisotopic (exact) mass is 426 g/mol. The summed E-state index contributed by atoms with van der Waals surface area (Å²) in [6.45, 7) is 4.27. The highest BCUT2D eigenvalue weighted by atomic mass is 32.1. The average molecular weight is 427 g/mol. The predicted octanol–water partition coefficient (Wildman–Crippen LogP) is 3.93. The van der Waals surface area contributed by atoms with E-state index in [4.69, 9.17) is 4.52 Å². The third kappa shape index (κ3) is 4.53. The number of nitrogens with zero attached hydrogens (tertiary/aromatic N) is 2. The molecule has 1 aliphatic carbocycles. The van der Waals surface area contributed by atoms with E-state index in [9.17, 15) is 9.59 Å². The van der Waals surface area contributed by atoms with Crippen molar-refractivity contribution >= 4 is 33.2 Å². The van der Waals surface area contributed by atoms with E-state index in [0.29, 0.717) is 23.6 Å². The van der Waals surface area contributed by atoms with E-state index in [2.05, 4.69) is 32.9 Å². The van der Waals surface area contributed by atoms with Gasteiger partial charge >= 0.3 is 0 Å². The molecule has 8 heteroatoms. The minimum Gasteiger partial charge on any atom is -0.356 e. The van der Waals surface area contributed by atoms with Gasteiger partial charge in [-0.15, -0.1) is 11.3 Å². The van der Waals surface area contributed by atoms with Crippen LogP contribution in [-0.2, 0) is 11.3 Å². The lowest BCUT2D eigenvalue weighted by Crippen LogP contribution is -2.29. The Balaban J connectivity index is 1.52. The van der Waals surface area contributed by atoms with Gasteiger partial charge in [-0.05, 0) is 54.5 Å². The number of hydrogen-bond acceptors (Lipinski definition) is 6. The lowest BCUT2D eigenvalue weighted by molar-refractivity contribution is -0.119. The van der Waals surface area contributed by atoms with Gasteiger partial charge in [0.05, 0.1) is 11.4 Å². The normalized spacial score (nSPS) is 19.0. The molecule has 0 radical (unpaired) electrons. The summed E-state index contributed by atoms with van der Waals surface area (Å²) in [6.07, 6.45) is 4.15. The molecular weight excluding hydrogens is 400 g/mol. The van der Waals surface area contributed by atoms with Crippen molar-refractivity contribution in [1.82, 2.24) is 20.8 Å². The summed E-state index contributed by atoms with van der Waals surface area (Å²) in [4.78, 5) is 29.2. The maximum atomic E-state index is 13.1. The smallest absolute Gasteiger partial charge is 0.262 e. The number of benzene rings is 1. The molecule has 0 spiro atoms. The summed E-state index contributed by atoms with van der Waals surface area (Å²) in [7, 11) is 0. The van der Waals surface area contributed by atoms with E-state index in [1.165, 1.54) is 5.39 Å². The molecule has 1 aliphatic rings. The molecular formula is C22H26N4O3S. The van der Waals surface area contributed by atoms with Gasteiger partial charge in [-0.2, -0.15) is 4.98 Å². The van der Waals surface area contributed by atoms with Gasteiger partial charge < -0.3 is 15.2 Å². The number of hydrogen-bond donors (Lipinski definition) is 2. The predicted molar refractivity (Wildman–Crippen MR) is 115 cm³/mol. The Bertz CT molecular complexity index is 1050. The average Bonchev–Trinajstić information content (AvgIpc) is 3.34. The molecule has 0 saturated heterocycles. The maximum Gasteiger partial charge on any atom is 0.262 e. The largest absolute Gasteiger partial charge is 0.356 e. The number of aryl methyl sites for hydroxylation is 1. The first-order chi connectivity index (χ1) is 14.5. The first kappa shape index (κ1) is 20.5. The Hall–Kier alpha value is -2.74. The fourth-order valence-corrected chi connectivity index (χ4v) is 5.44. The van der Waals surface area contributed by atoms with Crippen molar-refractivity contribution in [2.24, 2.45) is 5.92 Å². The molecule has 0 bridgehead atoms. The van der Waals surface area contributed by atoms with Crippen molar-refractivity contribution in [1.29, 1.82) is 0 Å². The zero-order chi connectivity index (χ0) is 21.1. The Labute approximate surface area is 179 Å². The maximum absolute atomic E-state index is 13.1. The Morgan fingerprint density at radius 2 is 1.93 bits per heavy atom. The molecule has 7 nitrogen and oxygen atoms in total. The van der Waals surface area contributed by atoms with Gasteiger partial charge in [0, 0.05) is 25.1 Å². The first-order valence-electron chi connectivity index (χ1n) is 10.3. The number of amides is 2. The van der Waals surface area contributed by atoms with Crippen LogP contribution in [-0.4, -0.2) is 28.5 Å². The van der Waals surface area contributed by atoms with Crippen LogP contribution < -0.4 is 10.6 Å². The molecule has 1 saturated carbocycles. The molecule has 158 valence electrons. The van der Waals surface area contributed by atoms with Crippen LogP contribution in [0.15, 0.2) is 28.8 Å². The minimum absolute atomic E-state index is 0.0247. The summed E-state index contributed by atoms with van der Waals surface area (Å²) in [6, 6.07) is 8.23. The van der Waals surface area contributed by atoms with E-state index in [1.54, 1.807) is 25.2 Å². The van der Waals surface area contributed by atoms with Crippen LogP contribution in [0.5, 0.6) is 0 Å². The van der Waals surface area contributed by atoms with Gasteiger partial charge in [0.2, 0.25) is 11.8 Å². The van der Waals surface area contributed by atoms with E-state index in [1.807, 2.05) is 12.1 Å². The number of thiophene rings is 1. The summed E-state index contributed by atoms with van der Waals surface area (Å²) in [5, 5.41) is 10.9. The number of carbonyl (C=O) groups excluding carboxylic acids is 2. The molecule has 0 atom stereocenters. The van der Waals surface area contributed by atoms with Crippen molar-refractivity contribution in [3.63, 3.8) is 0 Å². The quantitative estimate of drug-likeness (QED) is 0.622. The highest BCUT2D eigenvalue weighted by Crippen LogP contribution is 2.43. The van der Waals surface area contributed by atoms with Gasteiger partial charge in [0.15, 0.2) is 5.82 Å². The summed E-state index contributed by atoms with van der Waals surface area (Å²) >= 11 is 1.55. The molecule has 1 aromatic carbocycles. The molecule has 0 aliphatic heterocycles. The van der Waals surface area contributed by atoms with Gasteiger partial charge in [-0.25, -0.2) is 0 Å². The van der Waals surface area contributed by atoms with Crippen LogP contribution >= 0.6 is 11.3 Å². The second-order valence-electron chi connectivity index (χ2n) is 7.91. The molecule has 1 fully saturated rings. The Morgan fingerprint density at radius 3 is 2.63 bits per heavy atom. The lowest BCUT2D eigenvalue weighted by Gasteiger charge is -2.29. The summed E-state index contributed by atoms with van der Waals surface area (Å²) in [5.41, 5.74) is 1.16. The van der Waals surface area contributed by atoms with Crippen molar-refractivity contribution in [3.8, 4) is 0 Å². The Kier molecular flexibility index (Phi) is 6.13. The van der Waals surface area contributed by atoms with Crippen LogP contribution in [0, 0.1) is 12.8 Å². The molecule has 2 amide bonds. The van der Waals surface area contributed by atoms with Crippen LogP contribution in [0.25, 0.3) is 10.1 Å². The first-order valence-corrected chi connectivity index (χ1v) is 11.2. The summed E-state index contributed by atoms with van der Waals surface area (Å²) < 4.78 is 6.11. The lowest BCUT2D eigenvalue weighted by atomic mass is 9.77. The third-order valence-corrected chi connectivity index (χ3v) is 6.90. The van der Waals surface area contributed by atoms with Gasteiger partial charge in [-0.3, -0.25) is 9.59 Å². The second-order valence-corrected chi connectivity index (χ2v) is 8.96. The molecule has 2 heterocycles.